The third-order valence-corrected chi connectivity index (χ3v) is 3.92. The van der Waals surface area contributed by atoms with Crippen LogP contribution in [-0.4, -0.2) is 28.6 Å². The fraction of sp³-hybridized carbons (Fsp3) is 0.333. The lowest BCUT2D eigenvalue weighted by molar-refractivity contribution is -0.122. The highest BCUT2D eigenvalue weighted by Gasteiger charge is 2.21. The maximum Gasteiger partial charge on any atom is 0.417 e. The Labute approximate surface area is 112 Å². The number of carbonyl (C=O) groups excluding carboxylic acids is 1. The Hall–Kier alpha value is -1.73. The van der Waals surface area contributed by atoms with Gasteiger partial charge in [-0.15, -0.1) is 11.8 Å². The lowest BCUT2D eigenvalue weighted by Crippen LogP contribution is -2.41. The summed E-state index contributed by atoms with van der Waals surface area (Å²) < 4.78 is 4.92. The van der Waals surface area contributed by atoms with Crippen LogP contribution in [0, 0.1) is 0 Å². The van der Waals surface area contributed by atoms with Gasteiger partial charge in [-0.3, -0.25) is 15.1 Å². The van der Waals surface area contributed by atoms with Crippen molar-refractivity contribution in [2.75, 3.05) is 11.6 Å². The van der Waals surface area contributed by atoms with Gasteiger partial charge in [-0.05, 0) is 17.7 Å². The van der Waals surface area contributed by atoms with Crippen LogP contribution in [0.4, 0.5) is 0 Å². The summed E-state index contributed by atoms with van der Waals surface area (Å²) in [4.78, 5) is 25.5. The second-order valence-electron chi connectivity index (χ2n) is 4.33. The minimum atomic E-state index is -0.469. The number of H-pyrrole nitrogens is 1. The van der Waals surface area contributed by atoms with Crippen LogP contribution in [-0.2, 0) is 11.3 Å². The molecular formula is C12H13N3O3S. The molecule has 2 heterocycles. The molecule has 3 rings (SSSR count). The summed E-state index contributed by atoms with van der Waals surface area (Å²) >= 11 is 1.71. The highest BCUT2D eigenvalue weighted by Crippen LogP contribution is 2.13. The van der Waals surface area contributed by atoms with Gasteiger partial charge in [-0.1, -0.05) is 6.07 Å². The monoisotopic (exact) mass is 279 g/mol. The lowest BCUT2D eigenvalue weighted by atomic mass is 10.2. The standard InChI is InChI=1S/C12H13N3O3S/c16-11(9-5-19-6-14-9)13-4-7-1-2-10-8(3-7)15-12(17)18-10/h1-3,9,14H,4-6H2,(H,13,16)(H,15,17). The molecule has 1 unspecified atom stereocenters. The molecule has 0 spiro atoms. The molecular weight excluding hydrogens is 266 g/mol. The van der Waals surface area contributed by atoms with E-state index >= 15 is 0 Å². The van der Waals surface area contributed by atoms with Gasteiger partial charge >= 0.3 is 5.76 Å². The molecule has 2 aromatic rings. The molecule has 0 saturated carbocycles. The summed E-state index contributed by atoms with van der Waals surface area (Å²) in [5.41, 5.74) is 2.09. The van der Waals surface area contributed by atoms with E-state index in [1.54, 1.807) is 23.9 Å². The summed E-state index contributed by atoms with van der Waals surface area (Å²) in [7, 11) is 0. The summed E-state index contributed by atoms with van der Waals surface area (Å²) in [6.07, 6.45) is 0. The van der Waals surface area contributed by atoms with Crippen LogP contribution in [0.3, 0.4) is 0 Å². The Bertz CT molecular complexity index is 658. The van der Waals surface area contributed by atoms with Crippen molar-refractivity contribution in [3.63, 3.8) is 0 Å². The number of benzene rings is 1. The van der Waals surface area contributed by atoms with Crippen molar-refractivity contribution < 1.29 is 9.21 Å². The maximum absolute atomic E-state index is 11.8. The SMILES string of the molecule is O=C(NCc1ccc2oc(=O)[nH]c2c1)C1CSCN1. The van der Waals surface area contributed by atoms with Crippen LogP contribution in [0.2, 0.25) is 0 Å². The van der Waals surface area contributed by atoms with E-state index in [4.69, 9.17) is 4.42 Å². The van der Waals surface area contributed by atoms with E-state index in [0.29, 0.717) is 17.6 Å². The molecule has 3 N–H and O–H groups in total. The van der Waals surface area contributed by atoms with Crippen LogP contribution in [0.25, 0.3) is 11.1 Å². The van der Waals surface area contributed by atoms with E-state index in [1.165, 1.54) is 0 Å². The van der Waals surface area contributed by atoms with E-state index in [2.05, 4.69) is 15.6 Å². The van der Waals surface area contributed by atoms with Gasteiger partial charge in [0.25, 0.3) is 0 Å². The number of hydrogen-bond donors (Lipinski definition) is 3. The van der Waals surface area contributed by atoms with Gasteiger partial charge in [0, 0.05) is 18.2 Å². The fourth-order valence-electron chi connectivity index (χ4n) is 1.99. The number of aromatic amines is 1. The largest absolute Gasteiger partial charge is 0.417 e. The number of oxazole rings is 1. The third-order valence-electron chi connectivity index (χ3n) is 2.98. The predicted molar refractivity (Wildman–Crippen MR) is 72.9 cm³/mol. The first-order valence-corrected chi connectivity index (χ1v) is 7.08. The first-order valence-electron chi connectivity index (χ1n) is 5.93. The Morgan fingerprint density at radius 3 is 3.21 bits per heavy atom. The normalized spacial score (nSPS) is 18.8. The molecule has 1 amide bonds. The Morgan fingerprint density at radius 2 is 2.42 bits per heavy atom. The molecule has 0 radical (unpaired) electrons. The summed E-state index contributed by atoms with van der Waals surface area (Å²) in [6, 6.07) is 5.24. The quantitative estimate of drug-likeness (QED) is 0.757. The number of aromatic nitrogens is 1. The van der Waals surface area contributed by atoms with Crippen molar-refractivity contribution >= 4 is 28.8 Å². The summed E-state index contributed by atoms with van der Waals surface area (Å²) in [5, 5.41) is 5.99. The number of fused-ring (bicyclic) bond motifs is 1. The predicted octanol–water partition coefficient (Wildman–Crippen LogP) is 0.400. The molecule has 1 fully saturated rings. The molecule has 1 aliphatic heterocycles. The van der Waals surface area contributed by atoms with Crippen LogP contribution in [0.1, 0.15) is 5.56 Å². The smallest absolute Gasteiger partial charge is 0.408 e. The highest BCUT2D eigenvalue weighted by atomic mass is 32.2. The van der Waals surface area contributed by atoms with Gasteiger partial charge in [0.15, 0.2) is 5.58 Å². The van der Waals surface area contributed by atoms with Gasteiger partial charge in [0.05, 0.1) is 11.6 Å². The minimum absolute atomic E-state index is 0.00536. The molecule has 0 bridgehead atoms. The van der Waals surface area contributed by atoms with E-state index in [9.17, 15) is 9.59 Å². The average Bonchev–Trinajstić information content (AvgIpc) is 3.03. The van der Waals surface area contributed by atoms with Gasteiger partial charge in [-0.2, -0.15) is 0 Å². The second-order valence-corrected chi connectivity index (χ2v) is 5.36. The Morgan fingerprint density at radius 1 is 1.53 bits per heavy atom. The van der Waals surface area contributed by atoms with Crippen molar-refractivity contribution in [1.82, 2.24) is 15.6 Å². The molecule has 100 valence electrons. The molecule has 1 aromatic carbocycles. The van der Waals surface area contributed by atoms with Gasteiger partial charge < -0.3 is 9.73 Å². The van der Waals surface area contributed by atoms with Gasteiger partial charge in [-0.25, -0.2) is 4.79 Å². The number of thioether (sulfide) groups is 1. The topological polar surface area (TPSA) is 87.1 Å². The van der Waals surface area contributed by atoms with Crippen molar-refractivity contribution in [2.24, 2.45) is 0 Å². The molecule has 6 nitrogen and oxygen atoms in total. The van der Waals surface area contributed by atoms with E-state index in [0.717, 1.165) is 17.2 Å². The molecule has 1 aromatic heterocycles. The number of amides is 1. The number of hydrogen-bond acceptors (Lipinski definition) is 5. The molecule has 7 heteroatoms. The minimum Gasteiger partial charge on any atom is -0.408 e. The number of rotatable bonds is 3. The molecule has 19 heavy (non-hydrogen) atoms. The van der Waals surface area contributed by atoms with Crippen LogP contribution < -0.4 is 16.4 Å². The van der Waals surface area contributed by atoms with Crippen molar-refractivity contribution in [3.8, 4) is 0 Å². The number of carbonyl (C=O) groups is 1. The second kappa shape index (κ2) is 5.10. The van der Waals surface area contributed by atoms with Crippen LogP contribution in [0.5, 0.6) is 0 Å². The van der Waals surface area contributed by atoms with Crippen molar-refractivity contribution in [1.29, 1.82) is 0 Å². The molecule has 1 atom stereocenters. The Kier molecular flexibility index (Phi) is 3.31. The fourth-order valence-corrected chi connectivity index (χ4v) is 2.93. The molecule has 1 aliphatic rings. The summed E-state index contributed by atoms with van der Waals surface area (Å²) in [5.74, 6) is 1.16. The summed E-state index contributed by atoms with van der Waals surface area (Å²) in [6.45, 7) is 0.435. The third kappa shape index (κ3) is 2.66. The van der Waals surface area contributed by atoms with Crippen molar-refractivity contribution in [2.45, 2.75) is 12.6 Å². The first-order chi connectivity index (χ1) is 9.22. The average molecular weight is 279 g/mol. The zero-order chi connectivity index (χ0) is 13.2. The Balaban J connectivity index is 1.67. The van der Waals surface area contributed by atoms with Crippen molar-refractivity contribution in [3.05, 3.63) is 34.3 Å². The highest BCUT2D eigenvalue weighted by molar-refractivity contribution is 7.99. The van der Waals surface area contributed by atoms with Gasteiger partial charge in [0.2, 0.25) is 5.91 Å². The zero-order valence-corrected chi connectivity index (χ0v) is 10.9. The van der Waals surface area contributed by atoms with E-state index < -0.39 is 5.76 Å². The number of nitrogens with one attached hydrogen (secondary N) is 3. The lowest BCUT2D eigenvalue weighted by Gasteiger charge is -2.10. The zero-order valence-electron chi connectivity index (χ0n) is 10.1. The van der Waals surface area contributed by atoms with Gasteiger partial charge in [0.1, 0.15) is 0 Å². The van der Waals surface area contributed by atoms with E-state index in [1.807, 2.05) is 6.07 Å². The van der Waals surface area contributed by atoms with E-state index in [-0.39, 0.29) is 11.9 Å². The van der Waals surface area contributed by atoms with Crippen LogP contribution in [0.15, 0.2) is 27.4 Å². The maximum atomic E-state index is 11.8. The molecule has 0 aliphatic carbocycles. The molecule has 1 saturated heterocycles. The first kappa shape index (κ1) is 12.3. The van der Waals surface area contributed by atoms with Crippen LogP contribution >= 0.6 is 11.8 Å².